The molecule has 1 atom stereocenters. The minimum atomic E-state index is -0.685. The van der Waals surface area contributed by atoms with Crippen molar-refractivity contribution in [1.82, 2.24) is 0 Å². The standard InChI is InChI=1S/C19H19ClN2O3/c1-11-7-8-17-16(9-11)22(18(23)10-25-17)13(3)19(24)21-15-6-4-5-14(20)12(15)2/h4-9,13H,10H2,1-3H3,(H,21,24). The molecule has 0 fully saturated rings. The molecule has 1 N–H and O–H groups in total. The Bertz CT molecular complexity index is 851. The topological polar surface area (TPSA) is 58.6 Å². The molecule has 3 rings (SSSR count). The Morgan fingerprint density at radius 3 is 2.80 bits per heavy atom. The number of halogens is 1. The predicted octanol–water partition coefficient (Wildman–Crippen LogP) is 3.71. The van der Waals surface area contributed by atoms with E-state index in [1.165, 1.54) is 4.90 Å². The predicted molar refractivity (Wildman–Crippen MR) is 98.4 cm³/mol. The lowest BCUT2D eigenvalue weighted by molar-refractivity contribution is -0.125. The summed E-state index contributed by atoms with van der Waals surface area (Å²) in [6, 6.07) is 10.2. The molecule has 0 saturated heterocycles. The van der Waals surface area contributed by atoms with E-state index in [4.69, 9.17) is 16.3 Å². The fourth-order valence-corrected chi connectivity index (χ4v) is 2.98. The number of fused-ring (bicyclic) bond motifs is 1. The molecule has 1 aliphatic rings. The van der Waals surface area contributed by atoms with E-state index in [0.717, 1.165) is 11.1 Å². The summed E-state index contributed by atoms with van der Waals surface area (Å²) in [7, 11) is 0. The molecule has 25 heavy (non-hydrogen) atoms. The Morgan fingerprint density at radius 2 is 2.04 bits per heavy atom. The van der Waals surface area contributed by atoms with Gasteiger partial charge in [0.05, 0.1) is 5.69 Å². The molecule has 0 aliphatic carbocycles. The first kappa shape index (κ1) is 17.3. The van der Waals surface area contributed by atoms with E-state index in [2.05, 4.69) is 5.32 Å². The van der Waals surface area contributed by atoms with Crippen LogP contribution >= 0.6 is 11.6 Å². The van der Waals surface area contributed by atoms with Gasteiger partial charge in [-0.25, -0.2) is 0 Å². The van der Waals surface area contributed by atoms with Gasteiger partial charge in [0, 0.05) is 10.7 Å². The monoisotopic (exact) mass is 358 g/mol. The number of hydrogen-bond donors (Lipinski definition) is 1. The minimum Gasteiger partial charge on any atom is -0.482 e. The zero-order valence-corrected chi connectivity index (χ0v) is 15.1. The third-order valence-corrected chi connectivity index (χ3v) is 4.70. The van der Waals surface area contributed by atoms with Crippen molar-refractivity contribution in [1.29, 1.82) is 0 Å². The van der Waals surface area contributed by atoms with Gasteiger partial charge in [0.1, 0.15) is 11.8 Å². The molecular formula is C19H19ClN2O3. The van der Waals surface area contributed by atoms with E-state index in [1.807, 2.05) is 32.0 Å². The molecule has 6 heteroatoms. The fraction of sp³-hybridized carbons (Fsp3) is 0.263. The van der Waals surface area contributed by atoms with Gasteiger partial charge in [-0.2, -0.15) is 0 Å². The number of hydrogen-bond acceptors (Lipinski definition) is 3. The maximum Gasteiger partial charge on any atom is 0.265 e. The van der Waals surface area contributed by atoms with Gasteiger partial charge < -0.3 is 10.1 Å². The van der Waals surface area contributed by atoms with Crippen molar-refractivity contribution < 1.29 is 14.3 Å². The van der Waals surface area contributed by atoms with Crippen molar-refractivity contribution >= 4 is 34.8 Å². The van der Waals surface area contributed by atoms with Gasteiger partial charge in [-0.1, -0.05) is 23.7 Å². The number of carbonyl (C=O) groups excluding carboxylic acids is 2. The van der Waals surface area contributed by atoms with Crippen LogP contribution in [-0.4, -0.2) is 24.5 Å². The highest BCUT2D eigenvalue weighted by Gasteiger charge is 2.33. The summed E-state index contributed by atoms with van der Waals surface area (Å²) in [6.07, 6.45) is 0. The van der Waals surface area contributed by atoms with Crippen LogP contribution in [0.5, 0.6) is 5.75 Å². The number of rotatable bonds is 3. The highest BCUT2D eigenvalue weighted by molar-refractivity contribution is 6.31. The number of aryl methyl sites for hydroxylation is 1. The second kappa shape index (κ2) is 6.76. The first-order valence-electron chi connectivity index (χ1n) is 8.00. The smallest absolute Gasteiger partial charge is 0.265 e. The number of amides is 2. The molecule has 0 radical (unpaired) electrons. The van der Waals surface area contributed by atoms with Gasteiger partial charge in [-0.3, -0.25) is 14.5 Å². The van der Waals surface area contributed by atoms with Crippen molar-refractivity contribution in [3.05, 3.63) is 52.5 Å². The van der Waals surface area contributed by atoms with Crippen LogP contribution in [0, 0.1) is 13.8 Å². The van der Waals surface area contributed by atoms with Crippen LogP contribution < -0.4 is 15.0 Å². The quantitative estimate of drug-likeness (QED) is 0.909. The van der Waals surface area contributed by atoms with Gasteiger partial charge >= 0.3 is 0 Å². The average molecular weight is 359 g/mol. The van der Waals surface area contributed by atoms with Crippen LogP contribution in [0.15, 0.2) is 36.4 Å². The first-order chi connectivity index (χ1) is 11.9. The van der Waals surface area contributed by atoms with E-state index in [1.54, 1.807) is 25.1 Å². The lowest BCUT2D eigenvalue weighted by Gasteiger charge is -2.33. The van der Waals surface area contributed by atoms with Crippen LogP contribution in [0.1, 0.15) is 18.1 Å². The Balaban J connectivity index is 1.88. The Kier molecular flexibility index (Phi) is 4.68. The van der Waals surface area contributed by atoms with Gasteiger partial charge in [0.2, 0.25) is 5.91 Å². The normalized spacial score (nSPS) is 14.6. The summed E-state index contributed by atoms with van der Waals surface area (Å²) >= 11 is 6.10. The van der Waals surface area contributed by atoms with E-state index in [0.29, 0.717) is 22.1 Å². The molecule has 0 spiro atoms. The van der Waals surface area contributed by atoms with Gasteiger partial charge in [0.25, 0.3) is 5.91 Å². The van der Waals surface area contributed by atoms with E-state index >= 15 is 0 Å². The molecule has 1 aliphatic heterocycles. The molecule has 0 saturated carbocycles. The van der Waals surface area contributed by atoms with E-state index < -0.39 is 6.04 Å². The second-order valence-corrected chi connectivity index (χ2v) is 6.51. The highest BCUT2D eigenvalue weighted by Crippen LogP contribution is 2.34. The molecule has 1 heterocycles. The number of benzene rings is 2. The maximum absolute atomic E-state index is 12.7. The van der Waals surface area contributed by atoms with Crippen LogP contribution in [-0.2, 0) is 9.59 Å². The largest absolute Gasteiger partial charge is 0.482 e. The average Bonchev–Trinajstić information content (AvgIpc) is 2.58. The van der Waals surface area contributed by atoms with Crippen molar-refractivity contribution in [3.8, 4) is 5.75 Å². The summed E-state index contributed by atoms with van der Waals surface area (Å²) in [5, 5.41) is 3.43. The van der Waals surface area contributed by atoms with Crippen molar-refractivity contribution in [3.63, 3.8) is 0 Å². The minimum absolute atomic E-state index is 0.0795. The molecule has 0 bridgehead atoms. The Labute approximate surface area is 151 Å². The SMILES string of the molecule is Cc1ccc2c(c1)N(C(C)C(=O)Nc1cccc(Cl)c1C)C(=O)CO2. The lowest BCUT2D eigenvalue weighted by Crippen LogP contribution is -2.49. The highest BCUT2D eigenvalue weighted by atomic mass is 35.5. The molecule has 2 aromatic carbocycles. The van der Waals surface area contributed by atoms with E-state index in [-0.39, 0.29) is 18.4 Å². The summed E-state index contributed by atoms with van der Waals surface area (Å²) in [5.41, 5.74) is 3.02. The summed E-state index contributed by atoms with van der Waals surface area (Å²) in [4.78, 5) is 26.6. The van der Waals surface area contributed by atoms with Crippen molar-refractivity contribution in [2.45, 2.75) is 26.8 Å². The number of carbonyl (C=O) groups is 2. The molecule has 130 valence electrons. The van der Waals surface area contributed by atoms with E-state index in [9.17, 15) is 9.59 Å². The summed E-state index contributed by atoms with van der Waals surface area (Å²) in [5.74, 6) is 0.0698. The zero-order valence-electron chi connectivity index (χ0n) is 14.3. The second-order valence-electron chi connectivity index (χ2n) is 6.10. The van der Waals surface area contributed by atoms with Crippen LogP contribution in [0.4, 0.5) is 11.4 Å². The Hall–Kier alpha value is -2.53. The fourth-order valence-electron chi connectivity index (χ4n) is 2.80. The molecule has 0 aromatic heterocycles. The van der Waals surface area contributed by atoms with Crippen LogP contribution in [0.25, 0.3) is 0 Å². The number of nitrogens with zero attached hydrogens (tertiary/aromatic N) is 1. The molecule has 1 unspecified atom stereocenters. The maximum atomic E-state index is 12.7. The number of nitrogens with one attached hydrogen (secondary N) is 1. The summed E-state index contributed by atoms with van der Waals surface area (Å²) < 4.78 is 5.46. The first-order valence-corrected chi connectivity index (χ1v) is 8.38. The molecule has 2 aromatic rings. The summed E-state index contributed by atoms with van der Waals surface area (Å²) in [6.45, 7) is 5.38. The molecule has 2 amide bonds. The number of anilines is 2. The van der Waals surface area contributed by atoms with Crippen molar-refractivity contribution in [2.24, 2.45) is 0 Å². The zero-order chi connectivity index (χ0) is 18.1. The molecule has 5 nitrogen and oxygen atoms in total. The van der Waals surface area contributed by atoms with Gasteiger partial charge in [-0.05, 0) is 56.2 Å². The van der Waals surface area contributed by atoms with Crippen molar-refractivity contribution in [2.75, 3.05) is 16.8 Å². The Morgan fingerprint density at radius 1 is 1.28 bits per heavy atom. The third kappa shape index (κ3) is 3.33. The van der Waals surface area contributed by atoms with Gasteiger partial charge in [0.15, 0.2) is 6.61 Å². The van der Waals surface area contributed by atoms with Crippen LogP contribution in [0.2, 0.25) is 5.02 Å². The van der Waals surface area contributed by atoms with Gasteiger partial charge in [-0.15, -0.1) is 0 Å². The number of ether oxygens (including phenoxy) is 1. The molecular weight excluding hydrogens is 340 g/mol. The van der Waals surface area contributed by atoms with Crippen LogP contribution in [0.3, 0.4) is 0 Å². The third-order valence-electron chi connectivity index (χ3n) is 4.29. The lowest BCUT2D eigenvalue weighted by atomic mass is 10.1.